The van der Waals surface area contributed by atoms with Gasteiger partial charge in [0.05, 0.1) is 11.5 Å². The molecule has 214 valence electrons. The molecule has 6 rings (SSSR count). The Balaban J connectivity index is 1.86. The Bertz CT molecular complexity index is 1170. The molecule has 12 atom stereocenters. The van der Waals surface area contributed by atoms with Gasteiger partial charge in [-0.2, -0.15) is 5.26 Å². The van der Waals surface area contributed by atoms with Gasteiger partial charge in [-0.05, 0) is 32.1 Å². The molecule has 0 aromatic carbocycles. The van der Waals surface area contributed by atoms with Crippen LogP contribution in [0.3, 0.4) is 0 Å². The van der Waals surface area contributed by atoms with E-state index >= 15 is 0 Å². The van der Waals surface area contributed by atoms with Gasteiger partial charge < -0.3 is 66.8 Å². The SMILES string of the molecule is CC1C2CC(C#N)N(C(=O)C(N)C34C(O)C5(O)C(O)(O)C(C)(CC3(O)O)C(C)(O)C(O)(C4(C)O)C5(O)O)C12. The number of nitriles is 1. The Kier molecular flexibility index (Phi) is 4.92. The highest BCUT2D eigenvalue weighted by molar-refractivity contribution is 5.85. The molecule has 38 heavy (non-hydrogen) atoms. The van der Waals surface area contributed by atoms with Crippen molar-refractivity contribution in [1.82, 2.24) is 4.90 Å². The lowest BCUT2D eigenvalue weighted by Gasteiger charge is -2.76. The van der Waals surface area contributed by atoms with E-state index in [1.54, 1.807) is 6.92 Å². The van der Waals surface area contributed by atoms with Gasteiger partial charge in [0.1, 0.15) is 34.8 Å². The molecule has 1 saturated heterocycles. The Morgan fingerprint density at radius 1 is 0.974 bits per heavy atom. The number of rotatable bonds is 2. The topological polar surface area (TPSA) is 293 Å². The molecule has 1 heterocycles. The van der Waals surface area contributed by atoms with E-state index < -0.39 is 87.2 Å². The summed E-state index contributed by atoms with van der Waals surface area (Å²) in [7, 11) is 0. The van der Waals surface area contributed by atoms with E-state index in [0.29, 0.717) is 13.8 Å². The number of carbonyl (C=O) groups is 1. The summed E-state index contributed by atoms with van der Waals surface area (Å²) in [6.45, 7) is 3.70. The molecule has 0 spiro atoms. The summed E-state index contributed by atoms with van der Waals surface area (Å²) in [5.74, 6) is -13.5. The fourth-order valence-corrected chi connectivity index (χ4v) is 9.06. The van der Waals surface area contributed by atoms with Gasteiger partial charge in [0.2, 0.25) is 23.1 Å². The van der Waals surface area contributed by atoms with Crippen LogP contribution >= 0.6 is 0 Å². The zero-order chi connectivity index (χ0) is 29.2. The number of carbonyl (C=O) groups excluding carboxylic acids is 1. The molecule has 5 aliphatic carbocycles. The molecule has 6 aliphatic rings. The minimum absolute atomic E-state index is 0.0779. The third-order valence-electron chi connectivity index (χ3n) is 11.5. The van der Waals surface area contributed by atoms with Crippen molar-refractivity contribution in [3.05, 3.63) is 0 Å². The van der Waals surface area contributed by atoms with Crippen LogP contribution < -0.4 is 5.73 Å². The van der Waals surface area contributed by atoms with Crippen molar-refractivity contribution in [1.29, 1.82) is 5.26 Å². The average molecular weight is 546 g/mol. The van der Waals surface area contributed by atoms with Crippen molar-refractivity contribution >= 4 is 5.91 Å². The predicted octanol–water partition coefficient (Wildman–Crippen LogP) is -6.14. The summed E-state index contributed by atoms with van der Waals surface area (Å²) >= 11 is 0. The molecule has 13 N–H and O–H groups in total. The summed E-state index contributed by atoms with van der Waals surface area (Å²) in [6.07, 6.45) is -4.49. The molecule has 6 fully saturated rings. The smallest absolute Gasteiger partial charge is 0.241 e. The zero-order valence-electron chi connectivity index (χ0n) is 21.2. The van der Waals surface area contributed by atoms with Gasteiger partial charge >= 0.3 is 0 Å². The van der Waals surface area contributed by atoms with Crippen molar-refractivity contribution in [3.63, 3.8) is 0 Å². The molecular weight excluding hydrogens is 510 g/mol. The number of hydrogen-bond donors (Lipinski definition) is 12. The van der Waals surface area contributed by atoms with E-state index in [1.807, 2.05) is 6.07 Å². The maximum absolute atomic E-state index is 13.9. The number of aliphatic hydroxyl groups excluding tert-OH is 1. The zero-order valence-corrected chi connectivity index (χ0v) is 21.2. The van der Waals surface area contributed by atoms with Crippen LogP contribution in [0, 0.1) is 34.0 Å². The number of amides is 1. The highest BCUT2D eigenvalue weighted by Gasteiger charge is 3.02. The summed E-state index contributed by atoms with van der Waals surface area (Å²) in [5, 5.41) is 136. The maximum atomic E-state index is 13.9. The molecule has 0 radical (unpaired) electrons. The molecule has 0 aromatic rings. The second kappa shape index (κ2) is 6.68. The first kappa shape index (κ1) is 28.0. The van der Waals surface area contributed by atoms with Gasteiger partial charge in [0.15, 0.2) is 11.4 Å². The van der Waals surface area contributed by atoms with Crippen molar-refractivity contribution in [2.45, 2.75) is 105 Å². The molecule has 5 saturated carbocycles. The highest BCUT2D eigenvalue weighted by atomic mass is 16.6. The summed E-state index contributed by atoms with van der Waals surface area (Å²) in [6, 6.07) is -2.16. The lowest BCUT2D eigenvalue weighted by Crippen LogP contribution is -3.03. The standard InChI is InChI=1S/C23H35N3O12/c1-8-10-5-9(6-24)26(11(8)10)13(27)12(25)19-14(28)20(33)22(35,36)15(2,7-18(19,31)32)16(3,29)21(34,17(19,4)30)23(20,37)38/h8-12,14,28-38H,5,7,25H2,1-4H3. The number of piperidine rings is 1. The molecule has 12 unspecified atom stereocenters. The number of nitrogens with two attached hydrogens (primary N) is 1. The van der Waals surface area contributed by atoms with Crippen molar-refractivity contribution in [3.8, 4) is 6.07 Å². The predicted molar refractivity (Wildman–Crippen MR) is 119 cm³/mol. The molecule has 4 bridgehead atoms. The highest BCUT2D eigenvalue weighted by Crippen LogP contribution is 2.77. The minimum atomic E-state index is -4.37. The largest absolute Gasteiger partial charge is 0.389 e. The Hall–Kier alpha value is -1.52. The first-order valence-electron chi connectivity index (χ1n) is 12.3. The van der Waals surface area contributed by atoms with Gasteiger partial charge in [-0.15, -0.1) is 0 Å². The van der Waals surface area contributed by atoms with Gasteiger partial charge in [0.25, 0.3) is 0 Å². The van der Waals surface area contributed by atoms with Crippen LogP contribution in [0.5, 0.6) is 0 Å². The van der Waals surface area contributed by atoms with Crippen LogP contribution in [0.15, 0.2) is 0 Å². The van der Waals surface area contributed by atoms with Crippen LogP contribution in [0.1, 0.15) is 40.5 Å². The molecule has 1 amide bonds. The van der Waals surface area contributed by atoms with E-state index in [4.69, 9.17) is 5.73 Å². The van der Waals surface area contributed by atoms with E-state index in [0.717, 1.165) is 11.8 Å². The number of hydrogen-bond acceptors (Lipinski definition) is 14. The van der Waals surface area contributed by atoms with Gasteiger partial charge in [-0.1, -0.05) is 13.8 Å². The van der Waals surface area contributed by atoms with Crippen molar-refractivity contribution in [2.24, 2.45) is 28.4 Å². The summed E-state index contributed by atoms with van der Waals surface area (Å²) in [5.41, 5.74) is -15.2. The fraction of sp³-hybridized carbons (Fsp3) is 0.913. The minimum Gasteiger partial charge on any atom is -0.389 e. The van der Waals surface area contributed by atoms with Crippen LogP contribution in [-0.2, 0) is 4.79 Å². The Labute approximate surface area is 216 Å². The first-order chi connectivity index (χ1) is 16.9. The summed E-state index contributed by atoms with van der Waals surface area (Å²) < 4.78 is 0. The van der Waals surface area contributed by atoms with Crippen LogP contribution in [0.2, 0.25) is 0 Å². The second-order valence-corrected chi connectivity index (χ2v) is 12.7. The third kappa shape index (κ3) is 2.11. The van der Waals surface area contributed by atoms with E-state index in [1.165, 1.54) is 0 Å². The van der Waals surface area contributed by atoms with E-state index in [-0.39, 0.29) is 18.3 Å². The number of nitrogens with zero attached hydrogens (tertiary/aromatic N) is 2. The quantitative estimate of drug-likeness (QED) is 0.144. The molecule has 0 aromatic heterocycles. The first-order valence-corrected chi connectivity index (χ1v) is 12.3. The average Bonchev–Trinajstić information content (AvgIpc) is 3.24. The Morgan fingerprint density at radius 3 is 2.00 bits per heavy atom. The number of fused-ring (bicyclic) bond motifs is 2. The molecular formula is C23H35N3O12. The molecule has 15 nitrogen and oxygen atoms in total. The Morgan fingerprint density at radius 2 is 1.50 bits per heavy atom. The summed E-state index contributed by atoms with van der Waals surface area (Å²) in [4.78, 5) is 15.0. The van der Waals surface area contributed by atoms with Crippen molar-refractivity contribution in [2.75, 3.05) is 0 Å². The van der Waals surface area contributed by atoms with Crippen LogP contribution in [0.4, 0.5) is 0 Å². The van der Waals surface area contributed by atoms with E-state index in [2.05, 4.69) is 0 Å². The second-order valence-electron chi connectivity index (χ2n) is 12.7. The monoisotopic (exact) mass is 545 g/mol. The van der Waals surface area contributed by atoms with Gasteiger partial charge in [0, 0.05) is 12.5 Å². The maximum Gasteiger partial charge on any atom is 0.241 e. The normalized spacial score (nSPS) is 57.7. The lowest BCUT2D eigenvalue weighted by atomic mass is 9.36. The third-order valence-corrected chi connectivity index (χ3v) is 11.5. The fourth-order valence-electron chi connectivity index (χ4n) is 9.06. The van der Waals surface area contributed by atoms with E-state index in [9.17, 15) is 66.2 Å². The number of aliphatic hydroxyl groups is 11. The van der Waals surface area contributed by atoms with Crippen LogP contribution in [-0.4, -0.2) is 131 Å². The number of likely N-dealkylation sites (tertiary alicyclic amines) is 1. The molecule has 1 aliphatic heterocycles. The van der Waals surface area contributed by atoms with Gasteiger partial charge in [-0.3, -0.25) is 4.79 Å². The lowest BCUT2D eigenvalue weighted by molar-refractivity contribution is -0.561. The van der Waals surface area contributed by atoms with Crippen LogP contribution in [0.25, 0.3) is 0 Å². The molecule has 15 heteroatoms. The van der Waals surface area contributed by atoms with Crippen molar-refractivity contribution < 1.29 is 61.0 Å². The van der Waals surface area contributed by atoms with Gasteiger partial charge in [-0.25, -0.2) is 0 Å².